The molecule has 1 aromatic heterocycles. The molecule has 0 radical (unpaired) electrons. The normalized spacial score (nSPS) is 24.5. The van der Waals surface area contributed by atoms with Crippen molar-refractivity contribution in [2.24, 2.45) is 5.92 Å². The van der Waals surface area contributed by atoms with Crippen LogP contribution in [0.5, 0.6) is 0 Å². The van der Waals surface area contributed by atoms with Gasteiger partial charge in [0, 0.05) is 18.9 Å². The zero-order valence-corrected chi connectivity index (χ0v) is 11.2. The maximum atomic E-state index is 12.8. The van der Waals surface area contributed by atoms with Crippen LogP contribution in [0.1, 0.15) is 28.8 Å². The molecule has 3 N–H and O–H groups in total. The van der Waals surface area contributed by atoms with E-state index in [0.29, 0.717) is 6.20 Å². The second kappa shape index (κ2) is 5.56. The van der Waals surface area contributed by atoms with E-state index < -0.39 is 40.7 Å². The van der Waals surface area contributed by atoms with Gasteiger partial charge in [-0.25, -0.2) is 0 Å². The highest BCUT2D eigenvalue weighted by Gasteiger charge is 2.46. The lowest BCUT2D eigenvalue weighted by molar-refractivity contribution is -0.157. The van der Waals surface area contributed by atoms with Gasteiger partial charge in [0.2, 0.25) is 0 Å². The number of carbonyl (C=O) groups is 2. The lowest BCUT2D eigenvalue weighted by Crippen LogP contribution is -2.54. The number of alkyl halides is 3. The summed E-state index contributed by atoms with van der Waals surface area (Å²) in [6.07, 6.45) is -3.21. The summed E-state index contributed by atoms with van der Waals surface area (Å²) in [5.41, 5.74) is -3.17. The van der Waals surface area contributed by atoms with E-state index in [1.54, 1.807) is 0 Å². The van der Waals surface area contributed by atoms with Gasteiger partial charge in [0.15, 0.2) is 0 Å². The molecule has 1 aliphatic carbocycles. The van der Waals surface area contributed by atoms with Crippen molar-refractivity contribution in [3.8, 4) is 0 Å². The van der Waals surface area contributed by atoms with Gasteiger partial charge in [-0.3, -0.25) is 14.6 Å². The zero-order valence-electron chi connectivity index (χ0n) is 11.2. The summed E-state index contributed by atoms with van der Waals surface area (Å²) in [6, 6.07) is 0.934. The first-order valence-electron chi connectivity index (χ1n) is 6.37. The molecule has 1 heterocycles. The number of halogens is 3. The molecular weight excluding hydrogens is 305 g/mol. The minimum atomic E-state index is -4.72. The molecule has 1 aliphatic rings. The van der Waals surface area contributed by atoms with Gasteiger partial charge in [0.1, 0.15) is 0 Å². The molecule has 0 bridgehead atoms. The minimum absolute atomic E-state index is 0.0505. The van der Waals surface area contributed by atoms with E-state index in [-0.39, 0.29) is 19.4 Å². The number of rotatable bonds is 4. The first-order chi connectivity index (χ1) is 10.1. The number of aromatic nitrogens is 1. The fraction of sp³-hybridized carbons (Fsp3) is 0.462. The van der Waals surface area contributed by atoms with Crippen LogP contribution in [0.2, 0.25) is 0 Å². The molecule has 0 spiro atoms. The van der Waals surface area contributed by atoms with Crippen LogP contribution in [0.4, 0.5) is 13.2 Å². The van der Waals surface area contributed by atoms with Crippen molar-refractivity contribution >= 4 is 11.9 Å². The highest BCUT2D eigenvalue weighted by molar-refractivity contribution is 5.95. The number of amides is 1. The molecule has 120 valence electrons. The molecule has 0 aliphatic heterocycles. The predicted octanol–water partition coefficient (Wildman–Crippen LogP) is 1.06. The topological polar surface area (TPSA) is 99.5 Å². The van der Waals surface area contributed by atoms with Gasteiger partial charge in [-0.15, -0.1) is 0 Å². The van der Waals surface area contributed by atoms with Crippen molar-refractivity contribution in [3.05, 3.63) is 29.6 Å². The number of nitrogens with one attached hydrogen (secondary N) is 1. The third-order valence-electron chi connectivity index (χ3n) is 3.55. The lowest BCUT2D eigenvalue weighted by atomic mass is 9.71. The van der Waals surface area contributed by atoms with Crippen molar-refractivity contribution in [2.75, 3.05) is 6.54 Å². The Morgan fingerprint density at radius 2 is 2.05 bits per heavy atom. The number of pyridine rings is 1. The summed E-state index contributed by atoms with van der Waals surface area (Å²) < 4.78 is 38.3. The van der Waals surface area contributed by atoms with Gasteiger partial charge in [-0.05, 0) is 18.9 Å². The number of nitrogens with zero attached hydrogens (tertiary/aromatic N) is 1. The Labute approximate surface area is 123 Å². The molecule has 1 saturated carbocycles. The van der Waals surface area contributed by atoms with Gasteiger partial charge in [0.25, 0.3) is 5.91 Å². The standard InChI is InChI=1S/C13H13F3N2O4/c14-13(15,16)9-5-17-2-1-8(9)10(19)18-6-12(22)3-7(4-12)11(20)21/h1-2,5,7,22H,3-4,6H2,(H,18,19)(H,20,21). The number of hydrogen-bond donors (Lipinski definition) is 3. The van der Waals surface area contributed by atoms with E-state index in [9.17, 15) is 27.9 Å². The van der Waals surface area contributed by atoms with Crippen LogP contribution in [0.3, 0.4) is 0 Å². The second-order valence-electron chi connectivity index (χ2n) is 5.27. The van der Waals surface area contributed by atoms with Crippen molar-refractivity contribution in [3.63, 3.8) is 0 Å². The van der Waals surface area contributed by atoms with Gasteiger partial charge < -0.3 is 15.5 Å². The quantitative estimate of drug-likeness (QED) is 0.771. The molecule has 22 heavy (non-hydrogen) atoms. The van der Waals surface area contributed by atoms with Crippen molar-refractivity contribution < 1.29 is 33.0 Å². The zero-order chi connectivity index (χ0) is 16.5. The van der Waals surface area contributed by atoms with Crippen molar-refractivity contribution in [1.29, 1.82) is 0 Å². The Morgan fingerprint density at radius 1 is 1.41 bits per heavy atom. The highest BCUT2D eigenvalue weighted by atomic mass is 19.4. The number of aliphatic carboxylic acids is 1. The van der Waals surface area contributed by atoms with Crippen LogP contribution in [0.25, 0.3) is 0 Å². The van der Waals surface area contributed by atoms with Crippen LogP contribution in [-0.2, 0) is 11.0 Å². The summed E-state index contributed by atoms with van der Waals surface area (Å²) in [7, 11) is 0. The first-order valence-corrected chi connectivity index (χ1v) is 6.37. The van der Waals surface area contributed by atoms with Crippen molar-refractivity contribution in [1.82, 2.24) is 10.3 Å². The number of hydrogen-bond acceptors (Lipinski definition) is 4. The summed E-state index contributed by atoms with van der Waals surface area (Å²) >= 11 is 0. The average molecular weight is 318 g/mol. The summed E-state index contributed by atoms with van der Waals surface area (Å²) in [5, 5.41) is 20.9. The molecule has 0 atom stereocenters. The number of aliphatic hydroxyl groups is 1. The minimum Gasteiger partial charge on any atom is -0.481 e. The maximum absolute atomic E-state index is 12.8. The van der Waals surface area contributed by atoms with Crippen LogP contribution >= 0.6 is 0 Å². The third kappa shape index (κ3) is 3.35. The molecule has 0 aromatic carbocycles. The molecule has 0 unspecified atom stereocenters. The Morgan fingerprint density at radius 3 is 2.59 bits per heavy atom. The van der Waals surface area contributed by atoms with E-state index in [1.165, 1.54) is 0 Å². The van der Waals surface area contributed by atoms with Gasteiger partial charge in [-0.2, -0.15) is 13.2 Å². The summed E-state index contributed by atoms with van der Waals surface area (Å²) in [6.45, 7) is -0.310. The molecule has 1 aromatic rings. The molecule has 0 saturated heterocycles. The largest absolute Gasteiger partial charge is 0.481 e. The predicted molar refractivity (Wildman–Crippen MR) is 66.9 cm³/mol. The smallest absolute Gasteiger partial charge is 0.418 e. The number of carboxylic acid groups (broad SMARTS) is 1. The van der Waals surface area contributed by atoms with Gasteiger partial charge >= 0.3 is 12.1 Å². The highest BCUT2D eigenvalue weighted by Crippen LogP contribution is 2.37. The molecule has 1 amide bonds. The summed E-state index contributed by atoms with van der Waals surface area (Å²) in [4.78, 5) is 25.8. The average Bonchev–Trinajstić information content (AvgIpc) is 2.40. The fourth-order valence-electron chi connectivity index (χ4n) is 2.33. The Hall–Kier alpha value is -2.16. The second-order valence-corrected chi connectivity index (χ2v) is 5.27. The SMILES string of the molecule is O=C(NCC1(O)CC(C(=O)O)C1)c1ccncc1C(F)(F)F. The summed E-state index contributed by atoms with van der Waals surface area (Å²) in [5.74, 6) is -2.75. The Bertz CT molecular complexity index is 597. The number of carbonyl (C=O) groups excluding carboxylic acids is 1. The molecule has 9 heteroatoms. The Balaban J connectivity index is 2.01. The number of carboxylic acids is 1. The van der Waals surface area contributed by atoms with Crippen molar-refractivity contribution in [2.45, 2.75) is 24.6 Å². The van der Waals surface area contributed by atoms with E-state index >= 15 is 0 Å². The molecular formula is C13H13F3N2O4. The molecule has 6 nitrogen and oxygen atoms in total. The van der Waals surface area contributed by atoms with E-state index in [4.69, 9.17) is 5.11 Å². The van der Waals surface area contributed by atoms with E-state index in [1.807, 2.05) is 0 Å². The Kier molecular flexibility index (Phi) is 4.10. The van der Waals surface area contributed by atoms with E-state index in [0.717, 1.165) is 12.3 Å². The third-order valence-corrected chi connectivity index (χ3v) is 3.55. The monoisotopic (exact) mass is 318 g/mol. The molecule has 2 rings (SSSR count). The van der Waals surface area contributed by atoms with Gasteiger partial charge in [0.05, 0.1) is 22.6 Å². The molecule has 1 fully saturated rings. The lowest BCUT2D eigenvalue weighted by Gasteiger charge is -2.41. The van der Waals surface area contributed by atoms with Crippen LogP contribution in [0, 0.1) is 5.92 Å². The van der Waals surface area contributed by atoms with Gasteiger partial charge in [-0.1, -0.05) is 0 Å². The van der Waals surface area contributed by atoms with E-state index in [2.05, 4.69) is 10.3 Å². The van der Waals surface area contributed by atoms with Crippen LogP contribution < -0.4 is 5.32 Å². The maximum Gasteiger partial charge on any atom is 0.418 e. The fourth-order valence-corrected chi connectivity index (χ4v) is 2.33. The first kappa shape index (κ1) is 16.2. The van der Waals surface area contributed by atoms with Crippen LogP contribution in [0.15, 0.2) is 18.5 Å². The van der Waals surface area contributed by atoms with Crippen LogP contribution in [-0.4, -0.2) is 39.2 Å².